The van der Waals surface area contributed by atoms with Gasteiger partial charge in [0.25, 0.3) is 5.69 Å². The van der Waals surface area contributed by atoms with Crippen molar-refractivity contribution in [1.29, 1.82) is 0 Å². The Bertz CT molecular complexity index is 445. The molecule has 2 rings (SSSR count). The molecule has 1 aliphatic carbocycles. The van der Waals surface area contributed by atoms with Gasteiger partial charge >= 0.3 is 0 Å². The minimum absolute atomic E-state index is 0.0124. The largest absolute Gasteiger partial charge is 0.326 e. The number of non-ortho nitro benzene ring substituents is 1. The molecule has 0 aliphatic heterocycles. The Morgan fingerprint density at radius 1 is 1.56 bits per heavy atom. The van der Waals surface area contributed by atoms with E-state index in [1.807, 2.05) is 6.92 Å². The fourth-order valence-electron chi connectivity index (χ4n) is 1.62. The second kappa shape index (κ2) is 3.92. The van der Waals surface area contributed by atoms with Crippen LogP contribution < -0.4 is 5.32 Å². The van der Waals surface area contributed by atoms with E-state index in [1.165, 1.54) is 12.1 Å². The van der Waals surface area contributed by atoms with Gasteiger partial charge in [-0.3, -0.25) is 14.9 Å². The van der Waals surface area contributed by atoms with Crippen LogP contribution in [0.3, 0.4) is 0 Å². The number of anilines is 1. The fraction of sp³-hybridized carbons (Fsp3) is 0.364. The Morgan fingerprint density at radius 3 is 2.81 bits per heavy atom. The van der Waals surface area contributed by atoms with Crippen LogP contribution in [0.2, 0.25) is 0 Å². The van der Waals surface area contributed by atoms with Crippen molar-refractivity contribution in [2.45, 2.75) is 13.3 Å². The molecule has 0 spiro atoms. The summed E-state index contributed by atoms with van der Waals surface area (Å²) < 4.78 is 0. The number of nitrogens with one attached hydrogen (secondary N) is 1. The van der Waals surface area contributed by atoms with E-state index < -0.39 is 4.92 Å². The number of rotatable bonds is 3. The number of nitro benzene ring substituents is 1. The van der Waals surface area contributed by atoms with Crippen LogP contribution in [0.25, 0.3) is 0 Å². The maximum Gasteiger partial charge on any atom is 0.271 e. The van der Waals surface area contributed by atoms with E-state index in [0.717, 1.165) is 6.42 Å². The molecule has 1 N–H and O–H groups in total. The standard InChI is InChI=1S/C11H12N2O3/c1-7-5-10(7)11(14)12-8-3-2-4-9(6-8)13(15)16/h2-4,6-7,10H,5H2,1H3,(H,12,14). The maximum absolute atomic E-state index is 11.6. The summed E-state index contributed by atoms with van der Waals surface area (Å²) in [7, 11) is 0. The van der Waals surface area contributed by atoms with E-state index in [-0.39, 0.29) is 17.5 Å². The first-order valence-corrected chi connectivity index (χ1v) is 5.13. The van der Waals surface area contributed by atoms with Gasteiger partial charge in [-0.2, -0.15) is 0 Å². The van der Waals surface area contributed by atoms with Crippen molar-refractivity contribution in [1.82, 2.24) is 0 Å². The molecule has 0 radical (unpaired) electrons. The first-order valence-electron chi connectivity index (χ1n) is 5.13. The lowest BCUT2D eigenvalue weighted by Crippen LogP contribution is -2.14. The number of nitro groups is 1. The Kier molecular flexibility index (Phi) is 2.60. The van der Waals surface area contributed by atoms with E-state index in [4.69, 9.17) is 0 Å². The molecular formula is C11H12N2O3. The van der Waals surface area contributed by atoms with Crippen molar-refractivity contribution in [2.24, 2.45) is 11.8 Å². The van der Waals surface area contributed by atoms with Crippen molar-refractivity contribution in [2.75, 3.05) is 5.32 Å². The van der Waals surface area contributed by atoms with Crippen LogP contribution in [0.4, 0.5) is 11.4 Å². The highest BCUT2D eigenvalue weighted by molar-refractivity contribution is 5.94. The van der Waals surface area contributed by atoms with Crippen molar-refractivity contribution < 1.29 is 9.72 Å². The van der Waals surface area contributed by atoms with Gasteiger partial charge in [-0.15, -0.1) is 0 Å². The molecule has 1 aromatic rings. The van der Waals surface area contributed by atoms with Crippen molar-refractivity contribution in [3.63, 3.8) is 0 Å². The normalized spacial score (nSPS) is 22.6. The molecule has 1 aromatic carbocycles. The van der Waals surface area contributed by atoms with Crippen molar-refractivity contribution in [3.8, 4) is 0 Å². The monoisotopic (exact) mass is 220 g/mol. The van der Waals surface area contributed by atoms with Crippen LogP contribution in [0.15, 0.2) is 24.3 Å². The number of hydrogen-bond donors (Lipinski definition) is 1. The number of hydrogen-bond acceptors (Lipinski definition) is 3. The Morgan fingerprint density at radius 2 is 2.25 bits per heavy atom. The van der Waals surface area contributed by atoms with E-state index in [9.17, 15) is 14.9 Å². The topological polar surface area (TPSA) is 72.2 Å². The molecular weight excluding hydrogens is 208 g/mol. The number of carbonyl (C=O) groups is 1. The SMILES string of the molecule is CC1CC1C(=O)Nc1cccc([N+](=O)[O-])c1. The summed E-state index contributed by atoms with van der Waals surface area (Å²) in [6.07, 6.45) is 0.904. The van der Waals surface area contributed by atoms with Crippen LogP contribution >= 0.6 is 0 Å². The molecule has 2 atom stereocenters. The predicted molar refractivity (Wildman–Crippen MR) is 59.0 cm³/mol. The van der Waals surface area contributed by atoms with Gasteiger partial charge in [-0.05, 0) is 18.4 Å². The molecule has 0 aromatic heterocycles. The van der Waals surface area contributed by atoms with E-state index >= 15 is 0 Å². The van der Waals surface area contributed by atoms with Gasteiger partial charge in [0, 0.05) is 23.7 Å². The number of benzene rings is 1. The Hall–Kier alpha value is -1.91. The van der Waals surface area contributed by atoms with Crippen LogP contribution in [-0.4, -0.2) is 10.8 Å². The van der Waals surface area contributed by atoms with Gasteiger partial charge in [-0.25, -0.2) is 0 Å². The third kappa shape index (κ3) is 2.18. The highest BCUT2D eigenvalue weighted by atomic mass is 16.6. The highest BCUT2D eigenvalue weighted by Gasteiger charge is 2.39. The van der Waals surface area contributed by atoms with E-state index in [0.29, 0.717) is 11.6 Å². The molecule has 1 fully saturated rings. The maximum atomic E-state index is 11.6. The first kappa shape index (κ1) is 10.6. The van der Waals surface area contributed by atoms with E-state index in [2.05, 4.69) is 5.32 Å². The van der Waals surface area contributed by atoms with Gasteiger partial charge in [0.2, 0.25) is 5.91 Å². The Balaban J connectivity index is 2.06. The van der Waals surface area contributed by atoms with Gasteiger partial charge in [0.05, 0.1) is 4.92 Å². The molecule has 0 heterocycles. The second-order valence-electron chi connectivity index (χ2n) is 4.12. The lowest BCUT2D eigenvalue weighted by Gasteiger charge is -2.03. The van der Waals surface area contributed by atoms with Crippen molar-refractivity contribution >= 4 is 17.3 Å². The second-order valence-corrected chi connectivity index (χ2v) is 4.12. The average Bonchev–Trinajstić information content (AvgIpc) is 2.96. The molecule has 5 nitrogen and oxygen atoms in total. The molecule has 5 heteroatoms. The van der Waals surface area contributed by atoms with E-state index in [1.54, 1.807) is 12.1 Å². The molecule has 2 unspecified atom stereocenters. The third-order valence-corrected chi connectivity index (χ3v) is 2.77. The van der Waals surface area contributed by atoms with Gasteiger partial charge < -0.3 is 5.32 Å². The minimum atomic E-state index is -0.477. The molecule has 16 heavy (non-hydrogen) atoms. The van der Waals surface area contributed by atoms with Gasteiger partial charge in [0.15, 0.2) is 0 Å². The summed E-state index contributed by atoms with van der Waals surface area (Å²) in [5.74, 6) is 0.450. The Labute approximate surface area is 92.6 Å². The van der Waals surface area contributed by atoms with Gasteiger partial charge in [0.1, 0.15) is 0 Å². The zero-order chi connectivity index (χ0) is 11.7. The molecule has 0 bridgehead atoms. The summed E-state index contributed by atoms with van der Waals surface area (Å²) >= 11 is 0. The molecule has 1 amide bonds. The molecule has 1 saturated carbocycles. The summed E-state index contributed by atoms with van der Waals surface area (Å²) in [5.41, 5.74) is 0.472. The van der Waals surface area contributed by atoms with Crippen LogP contribution in [0, 0.1) is 22.0 Å². The molecule has 1 aliphatic rings. The smallest absolute Gasteiger partial charge is 0.271 e. The minimum Gasteiger partial charge on any atom is -0.326 e. The third-order valence-electron chi connectivity index (χ3n) is 2.77. The quantitative estimate of drug-likeness (QED) is 0.626. The number of amides is 1. The number of carbonyl (C=O) groups excluding carboxylic acids is 1. The summed E-state index contributed by atoms with van der Waals surface area (Å²) in [5, 5.41) is 13.2. The summed E-state index contributed by atoms with van der Waals surface area (Å²) in [4.78, 5) is 21.6. The molecule has 84 valence electrons. The van der Waals surface area contributed by atoms with Crippen LogP contribution in [0.1, 0.15) is 13.3 Å². The zero-order valence-corrected chi connectivity index (χ0v) is 8.84. The first-order chi connectivity index (χ1) is 7.58. The van der Waals surface area contributed by atoms with Crippen LogP contribution in [-0.2, 0) is 4.79 Å². The molecule has 0 saturated heterocycles. The summed E-state index contributed by atoms with van der Waals surface area (Å²) in [6, 6.07) is 5.97. The lowest BCUT2D eigenvalue weighted by atomic mass is 10.2. The van der Waals surface area contributed by atoms with Crippen LogP contribution in [0.5, 0.6) is 0 Å². The predicted octanol–water partition coefficient (Wildman–Crippen LogP) is 2.19. The highest BCUT2D eigenvalue weighted by Crippen LogP contribution is 2.38. The van der Waals surface area contributed by atoms with Gasteiger partial charge in [-0.1, -0.05) is 13.0 Å². The number of nitrogens with zero attached hydrogens (tertiary/aromatic N) is 1. The lowest BCUT2D eigenvalue weighted by molar-refractivity contribution is -0.384. The zero-order valence-electron chi connectivity index (χ0n) is 8.84. The summed E-state index contributed by atoms with van der Waals surface area (Å²) in [6.45, 7) is 2.01. The van der Waals surface area contributed by atoms with Crippen molar-refractivity contribution in [3.05, 3.63) is 34.4 Å². The fourth-order valence-corrected chi connectivity index (χ4v) is 1.62. The average molecular weight is 220 g/mol.